The molecule has 25 heavy (non-hydrogen) atoms. The maximum absolute atomic E-state index is 13.0. The van der Waals surface area contributed by atoms with E-state index in [4.69, 9.17) is 0 Å². The molecule has 0 bridgehead atoms. The number of aromatic nitrogens is 5. The molecule has 1 saturated heterocycles. The van der Waals surface area contributed by atoms with E-state index in [-0.39, 0.29) is 11.9 Å². The highest BCUT2D eigenvalue weighted by Gasteiger charge is 2.29. The number of para-hydroxylation sites is 1. The second kappa shape index (κ2) is 6.88. The van der Waals surface area contributed by atoms with E-state index < -0.39 is 0 Å². The van der Waals surface area contributed by atoms with Crippen LogP contribution >= 0.6 is 0 Å². The van der Waals surface area contributed by atoms with Crippen molar-refractivity contribution in [3.63, 3.8) is 0 Å². The lowest BCUT2D eigenvalue weighted by Gasteiger charge is -2.35. The van der Waals surface area contributed by atoms with Gasteiger partial charge in [0, 0.05) is 18.9 Å². The van der Waals surface area contributed by atoms with Gasteiger partial charge in [-0.2, -0.15) is 15.0 Å². The largest absolute Gasteiger partial charge is 0.332 e. The molecule has 3 aromatic rings. The Morgan fingerprint density at radius 1 is 1.12 bits per heavy atom. The maximum atomic E-state index is 13.0. The zero-order valence-electron chi connectivity index (χ0n) is 13.9. The number of carbonyl (C=O) groups excluding carboxylic acids is 1. The van der Waals surface area contributed by atoms with Crippen LogP contribution in [0.25, 0.3) is 5.69 Å². The second-order valence-electron chi connectivity index (χ2n) is 6.23. The molecule has 1 amide bonds. The van der Waals surface area contributed by atoms with Gasteiger partial charge in [0.15, 0.2) is 5.69 Å². The first-order valence-electron chi connectivity index (χ1n) is 8.57. The highest BCUT2D eigenvalue weighted by atomic mass is 16.2. The number of carbonyl (C=O) groups is 1. The van der Waals surface area contributed by atoms with Crippen LogP contribution in [-0.2, 0) is 6.54 Å². The van der Waals surface area contributed by atoms with Crippen LogP contribution in [0.5, 0.6) is 0 Å². The summed E-state index contributed by atoms with van der Waals surface area (Å²) in [4.78, 5) is 16.4. The zero-order chi connectivity index (χ0) is 17.1. The Morgan fingerprint density at radius 2 is 2.00 bits per heavy atom. The molecule has 1 unspecified atom stereocenters. The van der Waals surface area contributed by atoms with Crippen molar-refractivity contribution in [2.45, 2.75) is 31.8 Å². The number of hydrogen-bond donors (Lipinski definition) is 0. The molecule has 1 atom stereocenters. The predicted octanol–water partition coefficient (Wildman–Crippen LogP) is 2.16. The lowest BCUT2D eigenvalue weighted by molar-refractivity contribution is 0.0577. The van der Waals surface area contributed by atoms with Gasteiger partial charge in [-0.15, -0.1) is 5.10 Å². The van der Waals surface area contributed by atoms with E-state index in [1.807, 2.05) is 52.2 Å². The normalized spacial score (nSPS) is 17.6. The summed E-state index contributed by atoms with van der Waals surface area (Å²) < 4.78 is 1.89. The molecule has 0 aliphatic carbocycles. The molecule has 7 heteroatoms. The summed E-state index contributed by atoms with van der Waals surface area (Å²) in [5.74, 6) is -0.0564. The van der Waals surface area contributed by atoms with Gasteiger partial charge in [0.05, 0.1) is 24.5 Å². The van der Waals surface area contributed by atoms with Crippen molar-refractivity contribution < 1.29 is 4.79 Å². The molecule has 1 aliphatic rings. The first kappa shape index (κ1) is 15.6. The van der Waals surface area contributed by atoms with Crippen LogP contribution in [0.4, 0.5) is 0 Å². The minimum atomic E-state index is -0.0564. The fourth-order valence-electron chi connectivity index (χ4n) is 3.28. The molecule has 0 spiro atoms. The van der Waals surface area contributed by atoms with Crippen LogP contribution in [0.2, 0.25) is 0 Å². The molecule has 1 aliphatic heterocycles. The average Bonchev–Trinajstić information content (AvgIpc) is 3.34. The quantitative estimate of drug-likeness (QED) is 0.732. The maximum Gasteiger partial charge on any atom is 0.276 e. The summed E-state index contributed by atoms with van der Waals surface area (Å²) in [5.41, 5.74) is 1.23. The number of amides is 1. The molecule has 2 aromatic heterocycles. The van der Waals surface area contributed by atoms with Crippen LogP contribution in [0.15, 0.2) is 55.0 Å². The topological polar surface area (TPSA) is 68.8 Å². The number of likely N-dealkylation sites (tertiary alicyclic amines) is 1. The Bertz CT molecular complexity index is 826. The number of nitrogens with zero attached hydrogens (tertiary/aromatic N) is 6. The highest BCUT2D eigenvalue weighted by Crippen LogP contribution is 2.20. The first-order chi connectivity index (χ1) is 12.3. The van der Waals surface area contributed by atoms with Gasteiger partial charge in [-0.1, -0.05) is 18.2 Å². The number of rotatable bonds is 4. The van der Waals surface area contributed by atoms with E-state index in [1.54, 1.807) is 12.4 Å². The molecule has 1 fully saturated rings. The van der Waals surface area contributed by atoms with E-state index in [1.165, 1.54) is 4.80 Å². The van der Waals surface area contributed by atoms with E-state index in [0.29, 0.717) is 12.2 Å². The van der Waals surface area contributed by atoms with Crippen molar-refractivity contribution in [2.24, 2.45) is 0 Å². The molecule has 3 heterocycles. The fourth-order valence-corrected chi connectivity index (χ4v) is 3.28. The summed E-state index contributed by atoms with van der Waals surface area (Å²) in [6.07, 6.45) is 8.39. The minimum Gasteiger partial charge on any atom is -0.332 e. The van der Waals surface area contributed by atoms with Crippen molar-refractivity contribution in [3.05, 3.63) is 60.7 Å². The van der Waals surface area contributed by atoms with Gasteiger partial charge in [0.2, 0.25) is 0 Å². The molecule has 128 valence electrons. The van der Waals surface area contributed by atoms with Crippen molar-refractivity contribution in [2.75, 3.05) is 6.54 Å². The monoisotopic (exact) mass is 336 g/mol. The molecule has 4 rings (SSSR count). The van der Waals surface area contributed by atoms with Gasteiger partial charge in [0.25, 0.3) is 5.91 Å². The number of benzene rings is 1. The summed E-state index contributed by atoms with van der Waals surface area (Å²) in [5, 5.41) is 12.9. The highest BCUT2D eigenvalue weighted by molar-refractivity contribution is 5.92. The smallest absolute Gasteiger partial charge is 0.276 e. The predicted molar refractivity (Wildman–Crippen MR) is 92.3 cm³/mol. The van der Waals surface area contributed by atoms with Gasteiger partial charge >= 0.3 is 0 Å². The Labute approximate surface area is 145 Å². The fraction of sp³-hybridized carbons (Fsp3) is 0.333. The average molecular weight is 336 g/mol. The Hall–Kier alpha value is -2.96. The van der Waals surface area contributed by atoms with E-state index in [0.717, 1.165) is 31.5 Å². The lowest BCUT2D eigenvalue weighted by atomic mass is 10.0. The third-order valence-electron chi connectivity index (χ3n) is 4.54. The van der Waals surface area contributed by atoms with Crippen LogP contribution in [-0.4, -0.2) is 48.2 Å². The zero-order valence-corrected chi connectivity index (χ0v) is 13.9. The summed E-state index contributed by atoms with van der Waals surface area (Å²) in [7, 11) is 0. The molecule has 7 nitrogen and oxygen atoms in total. The first-order valence-corrected chi connectivity index (χ1v) is 8.57. The van der Waals surface area contributed by atoms with Crippen LogP contribution < -0.4 is 0 Å². The van der Waals surface area contributed by atoms with E-state index in [9.17, 15) is 4.79 Å². The Balaban J connectivity index is 1.53. The molecular formula is C18H20N6O. The summed E-state index contributed by atoms with van der Waals surface area (Å²) >= 11 is 0. The number of piperidine rings is 1. The van der Waals surface area contributed by atoms with Gasteiger partial charge in [-0.25, -0.2) is 0 Å². The van der Waals surface area contributed by atoms with Crippen molar-refractivity contribution in [3.8, 4) is 5.69 Å². The van der Waals surface area contributed by atoms with E-state index >= 15 is 0 Å². The van der Waals surface area contributed by atoms with Gasteiger partial charge < -0.3 is 4.90 Å². The van der Waals surface area contributed by atoms with Crippen molar-refractivity contribution in [1.82, 2.24) is 29.7 Å². The second-order valence-corrected chi connectivity index (χ2v) is 6.23. The molecule has 0 saturated carbocycles. The molecular weight excluding hydrogens is 316 g/mol. The Morgan fingerprint density at radius 3 is 2.80 bits per heavy atom. The van der Waals surface area contributed by atoms with Crippen LogP contribution in [0.1, 0.15) is 29.8 Å². The minimum absolute atomic E-state index is 0.0564. The third kappa shape index (κ3) is 3.31. The lowest BCUT2D eigenvalue weighted by Crippen LogP contribution is -2.46. The van der Waals surface area contributed by atoms with Gasteiger partial charge in [-0.3, -0.25) is 9.48 Å². The SMILES string of the molecule is O=C(c1cnn(-c2ccccc2)n1)N1CCCCC1Cn1cccn1. The van der Waals surface area contributed by atoms with Gasteiger partial charge in [0.1, 0.15) is 0 Å². The van der Waals surface area contributed by atoms with Gasteiger partial charge in [-0.05, 0) is 37.5 Å². The molecule has 0 radical (unpaired) electrons. The molecule has 1 aromatic carbocycles. The van der Waals surface area contributed by atoms with Crippen LogP contribution in [0, 0.1) is 0 Å². The summed E-state index contributed by atoms with van der Waals surface area (Å²) in [6.45, 7) is 1.47. The van der Waals surface area contributed by atoms with Crippen molar-refractivity contribution in [1.29, 1.82) is 0 Å². The standard InChI is InChI=1S/C18H20N6O/c25-18(17-13-20-24(21-17)15-7-2-1-3-8-15)23-12-5-4-9-16(23)14-22-11-6-10-19-22/h1-3,6-8,10-11,13,16H,4-5,9,12,14H2. The van der Waals surface area contributed by atoms with Crippen molar-refractivity contribution >= 4 is 5.91 Å². The molecule has 0 N–H and O–H groups in total. The van der Waals surface area contributed by atoms with Crippen LogP contribution in [0.3, 0.4) is 0 Å². The number of hydrogen-bond acceptors (Lipinski definition) is 4. The van der Waals surface area contributed by atoms with E-state index in [2.05, 4.69) is 15.3 Å². The summed E-state index contributed by atoms with van der Waals surface area (Å²) in [6, 6.07) is 11.6. The Kier molecular flexibility index (Phi) is 4.28. The third-order valence-corrected chi connectivity index (χ3v) is 4.54.